The molecule has 0 saturated heterocycles. The van der Waals surface area contributed by atoms with Crippen LogP contribution in [-0.4, -0.2) is 25.2 Å². The normalized spacial score (nSPS) is 11.4. The maximum atomic E-state index is 13.1. The van der Waals surface area contributed by atoms with Gasteiger partial charge in [-0.2, -0.15) is 4.98 Å². The Morgan fingerprint density at radius 3 is 2.55 bits per heavy atom. The summed E-state index contributed by atoms with van der Waals surface area (Å²) in [7, 11) is 0. The lowest BCUT2D eigenvalue weighted by molar-refractivity contribution is -0.121. The van der Waals surface area contributed by atoms with Crippen LogP contribution in [0.3, 0.4) is 0 Å². The van der Waals surface area contributed by atoms with E-state index in [4.69, 9.17) is 16.1 Å². The Kier molecular flexibility index (Phi) is 5.65. The minimum Gasteiger partial charge on any atom is -0.350 e. The molecule has 0 aliphatic carbocycles. The van der Waals surface area contributed by atoms with E-state index in [1.165, 1.54) is 4.57 Å². The van der Waals surface area contributed by atoms with Crippen molar-refractivity contribution < 1.29 is 9.32 Å². The first-order valence-corrected chi connectivity index (χ1v) is 10.3. The molecule has 1 N–H and O–H groups in total. The molecule has 8 nitrogen and oxygen atoms in total. The van der Waals surface area contributed by atoms with Crippen molar-refractivity contribution in [1.82, 2.24) is 24.6 Å². The van der Waals surface area contributed by atoms with E-state index in [0.29, 0.717) is 34.4 Å². The van der Waals surface area contributed by atoms with E-state index in [1.54, 1.807) is 23.6 Å². The van der Waals surface area contributed by atoms with Crippen LogP contribution < -0.4 is 11.0 Å². The summed E-state index contributed by atoms with van der Waals surface area (Å²) in [5.74, 6) is 0.623. The Labute approximate surface area is 183 Å². The minimum atomic E-state index is -0.263. The molecule has 0 radical (unpaired) electrons. The highest BCUT2D eigenvalue weighted by Gasteiger charge is 2.19. The number of carbonyl (C=O) groups excluding carboxylic acids is 1. The molecule has 4 rings (SSSR count). The number of aromatic nitrogens is 4. The first kappa shape index (κ1) is 20.9. The highest BCUT2D eigenvalue weighted by molar-refractivity contribution is 6.30. The van der Waals surface area contributed by atoms with E-state index in [2.05, 4.69) is 15.5 Å². The van der Waals surface area contributed by atoms with E-state index >= 15 is 0 Å². The molecule has 4 aromatic rings. The fourth-order valence-corrected chi connectivity index (χ4v) is 3.62. The third kappa shape index (κ3) is 4.25. The highest BCUT2D eigenvalue weighted by atomic mass is 35.5. The number of nitrogens with zero attached hydrogens (tertiary/aromatic N) is 4. The lowest BCUT2D eigenvalue weighted by Crippen LogP contribution is -2.33. The van der Waals surface area contributed by atoms with Crippen molar-refractivity contribution in [3.05, 3.63) is 69.4 Å². The van der Waals surface area contributed by atoms with Gasteiger partial charge in [0, 0.05) is 30.1 Å². The van der Waals surface area contributed by atoms with Gasteiger partial charge in [0.25, 0.3) is 0 Å². The number of hydrogen-bond acceptors (Lipinski definition) is 5. The lowest BCUT2D eigenvalue weighted by Gasteiger charge is -2.07. The lowest BCUT2D eigenvalue weighted by atomic mass is 10.2. The van der Waals surface area contributed by atoms with Gasteiger partial charge in [0.15, 0.2) is 0 Å². The molecule has 2 heterocycles. The Morgan fingerprint density at radius 2 is 1.90 bits per heavy atom. The van der Waals surface area contributed by atoms with Gasteiger partial charge >= 0.3 is 5.69 Å². The summed E-state index contributed by atoms with van der Waals surface area (Å²) in [6.45, 7) is 5.83. The number of rotatable bonds is 6. The number of nitrogens with one attached hydrogen (secondary N) is 1. The summed E-state index contributed by atoms with van der Waals surface area (Å²) in [5.41, 5.74) is 2.77. The van der Waals surface area contributed by atoms with Gasteiger partial charge in [0.05, 0.1) is 11.0 Å². The van der Waals surface area contributed by atoms with Crippen LogP contribution in [0.1, 0.15) is 31.3 Å². The third-order valence-electron chi connectivity index (χ3n) is 4.97. The maximum Gasteiger partial charge on any atom is 0.329 e. The first-order valence-electron chi connectivity index (χ1n) is 9.90. The molecule has 0 atom stereocenters. The standard InChI is InChI=1S/C22H22ClN5O3/c1-13(2)28-18-9-6-16(21-25-14(3)31-26-21)10-19(18)27(22(28)30)12-20(29)24-11-15-4-7-17(23)8-5-15/h4-10,13H,11-12H2,1-3H3,(H,24,29). The van der Waals surface area contributed by atoms with Crippen molar-refractivity contribution in [3.63, 3.8) is 0 Å². The molecule has 0 aliphatic heterocycles. The average Bonchev–Trinajstić information content (AvgIpc) is 3.28. The Bertz CT molecular complexity index is 1300. The molecule has 160 valence electrons. The van der Waals surface area contributed by atoms with Crippen LogP contribution in [-0.2, 0) is 17.9 Å². The predicted molar refractivity (Wildman–Crippen MR) is 118 cm³/mol. The highest BCUT2D eigenvalue weighted by Crippen LogP contribution is 2.24. The summed E-state index contributed by atoms with van der Waals surface area (Å²) in [6.07, 6.45) is 0. The largest absolute Gasteiger partial charge is 0.350 e. The summed E-state index contributed by atoms with van der Waals surface area (Å²) in [4.78, 5) is 30.0. The van der Waals surface area contributed by atoms with Crippen molar-refractivity contribution >= 4 is 28.5 Å². The number of halogens is 1. The second-order valence-electron chi connectivity index (χ2n) is 7.58. The maximum absolute atomic E-state index is 13.1. The van der Waals surface area contributed by atoms with E-state index in [0.717, 1.165) is 11.1 Å². The molecule has 0 aliphatic rings. The molecular formula is C22H22ClN5O3. The number of hydrogen-bond donors (Lipinski definition) is 1. The Balaban J connectivity index is 1.66. The van der Waals surface area contributed by atoms with Crippen molar-refractivity contribution in [2.45, 2.75) is 39.9 Å². The molecule has 1 amide bonds. The molecule has 0 saturated carbocycles. The zero-order valence-electron chi connectivity index (χ0n) is 17.4. The van der Waals surface area contributed by atoms with Crippen LogP contribution >= 0.6 is 11.6 Å². The topological polar surface area (TPSA) is 95.0 Å². The quantitative estimate of drug-likeness (QED) is 0.494. The van der Waals surface area contributed by atoms with Gasteiger partial charge in [0.1, 0.15) is 6.54 Å². The number of amides is 1. The minimum absolute atomic E-state index is 0.0633. The smallest absolute Gasteiger partial charge is 0.329 e. The van der Waals surface area contributed by atoms with E-state index < -0.39 is 0 Å². The second-order valence-corrected chi connectivity index (χ2v) is 8.01. The van der Waals surface area contributed by atoms with Crippen LogP contribution in [0.15, 0.2) is 51.8 Å². The monoisotopic (exact) mass is 439 g/mol. The average molecular weight is 440 g/mol. The van der Waals surface area contributed by atoms with E-state index in [-0.39, 0.29) is 24.2 Å². The van der Waals surface area contributed by atoms with Gasteiger partial charge in [-0.1, -0.05) is 28.9 Å². The van der Waals surface area contributed by atoms with Crippen LogP contribution in [0.25, 0.3) is 22.4 Å². The Morgan fingerprint density at radius 1 is 1.16 bits per heavy atom. The van der Waals surface area contributed by atoms with Gasteiger partial charge in [-0.3, -0.25) is 13.9 Å². The van der Waals surface area contributed by atoms with E-state index in [9.17, 15) is 9.59 Å². The third-order valence-corrected chi connectivity index (χ3v) is 5.22. The zero-order valence-corrected chi connectivity index (χ0v) is 18.2. The van der Waals surface area contributed by atoms with Gasteiger partial charge in [0.2, 0.25) is 17.6 Å². The molecule has 2 aromatic carbocycles. The zero-order chi connectivity index (χ0) is 22.1. The van der Waals surface area contributed by atoms with Crippen LogP contribution in [0.2, 0.25) is 5.02 Å². The van der Waals surface area contributed by atoms with Gasteiger partial charge in [-0.25, -0.2) is 4.79 Å². The first-order chi connectivity index (χ1) is 14.8. The van der Waals surface area contributed by atoms with Crippen LogP contribution in [0, 0.1) is 6.92 Å². The number of carbonyl (C=O) groups is 1. The van der Waals surface area contributed by atoms with Gasteiger partial charge in [-0.15, -0.1) is 0 Å². The number of fused-ring (bicyclic) bond motifs is 1. The van der Waals surface area contributed by atoms with Crippen LogP contribution in [0.4, 0.5) is 0 Å². The van der Waals surface area contributed by atoms with Crippen molar-refractivity contribution in [3.8, 4) is 11.4 Å². The predicted octanol–water partition coefficient (Wildman–Crippen LogP) is 3.71. The van der Waals surface area contributed by atoms with Crippen molar-refractivity contribution in [2.75, 3.05) is 0 Å². The molecule has 2 aromatic heterocycles. The summed E-state index contributed by atoms with van der Waals surface area (Å²) in [5, 5.41) is 7.44. The summed E-state index contributed by atoms with van der Waals surface area (Å²) in [6, 6.07) is 12.7. The number of imidazole rings is 1. The molecule has 0 bridgehead atoms. The number of aryl methyl sites for hydroxylation is 1. The van der Waals surface area contributed by atoms with Crippen LogP contribution in [0.5, 0.6) is 0 Å². The fraction of sp³-hybridized carbons (Fsp3) is 0.273. The van der Waals surface area contributed by atoms with Gasteiger partial charge < -0.3 is 9.84 Å². The van der Waals surface area contributed by atoms with Gasteiger partial charge in [-0.05, 0) is 49.7 Å². The molecule has 0 fully saturated rings. The Hall–Kier alpha value is -3.39. The molecule has 9 heteroatoms. The molecule has 31 heavy (non-hydrogen) atoms. The molecule has 0 unspecified atom stereocenters. The SMILES string of the molecule is Cc1nc(-c2ccc3c(c2)n(CC(=O)NCc2ccc(Cl)cc2)c(=O)n3C(C)C)no1. The fourth-order valence-electron chi connectivity index (χ4n) is 3.49. The molecule has 0 spiro atoms. The summed E-state index contributed by atoms with van der Waals surface area (Å²) < 4.78 is 8.22. The number of benzene rings is 2. The van der Waals surface area contributed by atoms with E-state index in [1.807, 2.05) is 44.2 Å². The molecular weight excluding hydrogens is 418 g/mol. The van der Waals surface area contributed by atoms with Crippen molar-refractivity contribution in [2.24, 2.45) is 0 Å². The van der Waals surface area contributed by atoms with Crippen molar-refractivity contribution in [1.29, 1.82) is 0 Å². The second kappa shape index (κ2) is 8.39. The summed E-state index contributed by atoms with van der Waals surface area (Å²) >= 11 is 5.90.